The van der Waals surface area contributed by atoms with Gasteiger partial charge in [-0.1, -0.05) is 23.7 Å². The van der Waals surface area contributed by atoms with E-state index in [1.165, 1.54) is 18.2 Å². The van der Waals surface area contributed by atoms with Crippen molar-refractivity contribution in [2.45, 2.75) is 25.7 Å². The third-order valence-corrected chi connectivity index (χ3v) is 6.50. The number of carbonyl (C=O) groups excluding carboxylic acids is 1. The Kier molecular flexibility index (Phi) is 8.17. The number of benzene rings is 2. The van der Waals surface area contributed by atoms with Crippen molar-refractivity contribution >= 4 is 45.0 Å². The van der Waals surface area contributed by atoms with E-state index in [-0.39, 0.29) is 5.02 Å². The number of pyridine rings is 2. The molecule has 0 spiro atoms. The molecule has 14 heteroatoms. The van der Waals surface area contributed by atoms with Crippen molar-refractivity contribution in [1.29, 1.82) is 0 Å². The van der Waals surface area contributed by atoms with Crippen LogP contribution in [0.5, 0.6) is 5.75 Å². The predicted octanol–water partition coefficient (Wildman–Crippen LogP) is 4.54. The molecule has 0 aliphatic carbocycles. The van der Waals surface area contributed by atoms with Gasteiger partial charge in [0.1, 0.15) is 23.2 Å². The molecule has 3 aromatic heterocycles. The number of aromatic nitrogens is 5. The molecule has 5 N–H and O–H groups in total. The maximum atomic E-state index is 12.4. The molecule has 0 bridgehead atoms. The summed E-state index contributed by atoms with van der Waals surface area (Å²) in [7, 11) is 0. The molecule has 0 fully saturated rings. The van der Waals surface area contributed by atoms with E-state index in [2.05, 4.69) is 35.5 Å². The molecule has 0 saturated carbocycles. The lowest BCUT2D eigenvalue weighted by atomic mass is 10.1. The second-order valence-corrected chi connectivity index (χ2v) is 9.52. The number of halogens is 4. The Morgan fingerprint density at radius 1 is 1.00 bits per heavy atom. The highest BCUT2D eigenvalue weighted by atomic mass is 35.5. The quantitative estimate of drug-likeness (QED) is 0.131. The summed E-state index contributed by atoms with van der Waals surface area (Å²) in [5.41, 5.74) is 7.16. The number of fused-ring (bicyclic) bond motifs is 3. The van der Waals surface area contributed by atoms with Gasteiger partial charge >= 0.3 is 6.36 Å². The van der Waals surface area contributed by atoms with Crippen LogP contribution in [0.15, 0.2) is 54.9 Å². The number of ether oxygens (including phenoxy) is 1. The van der Waals surface area contributed by atoms with Crippen LogP contribution in [-0.4, -0.2) is 50.5 Å². The highest BCUT2D eigenvalue weighted by Crippen LogP contribution is 2.31. The molecular weight excluding hydrogens is 561 g/mol. The molecule has 5 rings (SSSR count). The second kappa shape index (κ2) is 11.9. The highest BCUT2D eigenvalue weighted by molar-refractivity contribution is 6.32. The number of rotatable bonds is 11. The lowest BCUT2D eigenvalue weighted by Crippen LogP contribution is -2.18. The van der Waals surface area contributed by atoms with Gasteiger partial charge in [-0.25, -0.2) is 4.98 Å². The van der Waals surface area contributed by atoms with Crippen LogP contribution in [0.25, 0.3) is 21.7 Å². The Hall–Kier alpha value is -4.49. The predicted molar refractivity (Wildman–Crippen MR) is 148 cm³/mol. The maximum absolute atomic E-state index is 12.4. The van der Waals surface area contributed by atoms with Crippen LogP contribution in [0.4, 0.5) is 19.0 Å². The molecule has 0 unspecified atom stereocenters. The van der Waals surface area contributed by atoms with Crippen LogP contribution in [0.2, 0.25) is 5.02 Å². The van der Waals surface area contributed by atoms with Crippen LogP contribution in [0.1, 0.15) is 27.6 Å². The fourth-order valence-corrected chi connectivity index (χ4v) is 4.54. The van der Waals surface area contributed by atoms with E-state index in [1.807, 2.05) is 12.1 Å². The number of H-pyrrole nitrogens is 1. The minimum absolute atomic E-state index is 0.117. The first-order chi connectivity index (χ1) is 19.7. The summed E-state index contributed by atoms with van der Waals surface area (Å²) in [5, 5.41) is 17.5. The zero-order chi connectivity index (χ0) is 29.0. The first kappa shape index (κ1) is 28.1. The molecule has 10 nitrogen and oxygen atoms in total. The average molecular weight is 585 g/mol. The van der Waals surface area contributed by atoms with Crippen molar-refractivity contribution < 1.29 is 22.7 Å². The first-order valence-electron chi connectivity index (χ1n) is 12.5. The summed E-state index contributed by atoms with van der Waals surface area (Å²) < 4.78 is 41.1. The number of carbonyl (C=O) groups is 1. The topological polar surface area (TPSA) is 144 Å². The van der Waals surface area contributed by atoms with Gasteiger partial charge in [-0.05, 0) is 35.9 Å². The molecule has 3 heterocycles. The lowest BCUT2D eigenvalue weighted by Gasteiger charge is -2.11. The number of nitrogens with two attached hydrogens (primary N) is 1. The third-order valence-electron chi connectivity index (χ3n) is 6.20. The van der Waals surface area contributed by atoms with Crippen LogP contribution in [0, 0.1) is 0 Å². The van der Waals surface area contributed by atoms with E-state index < -0.39 is 18.0 Å². The van der Waals surface area contributed by atoms with E-state index in [0.29, 0.717) is 66.6 Å². The summed E-state index contributed by atoms with van der Waals surface area (Å²) >= 11 is 5.89. The molecule has 0 saturated heterocycles. The molecule has 0 radical (unpaired) electrons. The number of alkyl halides is 3. The lowest BCUT2D eigenvalue weighted by molar-refractivity contribution is -0.274. The first-order valence-corrected chi connectivity index (χ1v) is 12.9. The maximum Gasteiger partial charge on any atom is 0.573 e. The highest BCUT2D eigenvalue weighted by Gasteiger charge is 2.32. The van der Waals surface area contributed by atoms with Gasteiger partial charge in [0.05, 0.1) is 10.5 Å². The molecule has 0 aliphatic rings. The van der Waals surface area contributed by atoms with Crippen LogP contribution in [-0.2, 0) is 19.4 Å². The molecular formula is C27H24ClF3N8O2. The number of amides is 1. The fraction of sp³-hybridized carbons (Fsp3) is 0.222. The van der Waals surface area contributed by atoms with Crippen molar-refractivity contribution in [2.24, 2.45) is 5.73 Å². The van der Waals surface area contributed by atoms with E-state index in [1.54, 1.807) is 24.5 Å². The Labute approximate surface area is 236 Å². The molecule has 212 valence electrons. The van der Waals surface area contributed by atoms with Gasteiger partial charge in [-0.2, -0.15) is 0 Å². The minimum Gasteiger partial charge on any atom is -0.404 e. The van der Waals surface area contributed by atoms with Gasteiger partial charge in [0.2, 0.25) is 5.91 Å². The Morgan fingerprint density at radius 3 is 2.51 bits per heavy atom. The van der Waals surface area contributed by atoms with Crippen molar-refractivity contribution in [1.82, 2.24) is 30.5 Å². The van der Waals surface area contributed by atoms with Gasteiger partial charge in [0.15, 0.2) is 0 Å². The van der Waals surface area contributed by atoms with E-state index in [9.17, 15) is 18.0 Å². The number of nitrogens with one attached hydrogen (secondary N) is 3. The van der Waals surface area contributed by atoms with Crippen LogP contribution in [0.3, 0.4) is 0 Å². The summed E-state index contributed by atoms with van der Waals surface area (Å²) in [6, 6.07) is 11.2. The Balaban J connectivity index is 1.14. The van der Waals surface area contributed by atoms with Crippen LogP contribution >= 0.6 is 11.6 Å². The van der Waals surface area contributed by atoms with E-state index in [0.717, 1.165) is 16.2 Å². The number of nitrogens with zero attached hydrogens (tertiary/aromatic N) is 4. The van der Waals surface area contributed by atoms with E-state index >= 15 is 0 Å². The third kappa shape index (κ3) is 6.99. The average Bonchev–Trinajstić information content (AvgIpc) is 3.39. The number of anilines is 1. The Morgan fingerprint density at radius 2 is 1.78 bits per heavy atom. The van der Waals surface area contributed by atoms with Gasteiger partial charge in [0, 0.05) is 66.6 Å². The summed E-state index contributed by atoms with van der Waals surface area (Å²) in [5.74, 6) is 1.08. The fourth-order valence-electron chi connectivity index (χ4n) is 4.30. The van der Waals surface area contributed by atoms with Crippen molar-refractivity contribution in [2.75, 3.05) is 18.4 Å². The zero-order valence-electron chi connectivity index (χ0n) is 21.4. The van der Waals surface area contributed by atoms with Crippen LogP contribution < -0.4 is 21.1 Å². The van der Waals surface area contributed by atoms with E-state index in [4.69, 9.17) is 22.3 Å². The summed E-state index contributed by atoms with van der Waals surface area (Å²) in [6.07, 6.45) is -0.223. The molecule has 0 aliphatic heterocycles. The number of hydrogen-bond acceptors (Lipinski definition) is 8. The molecule has 5 aromatic rings. The smallest absolute Gasteiger partial charge is 0.404 e. The number of primary amides is 1. The molecule has 41 heavy (non-hydrogen) atoms. The Bertz CT molecular complexity index is 1710. The van der Waals surface area contributed by atoms with Crippen molar-refractivity contribution in [3.05, 3.63) is 82.7 Å². The van der Waals surface area contributed by atoms with Gasteiger partial charge in [-0.15, -0.1) is 23.4 Å². The van der Waals surface area contributed by atoms with Gasteiger partial charge < -0.3 is 26.1 Å². The minimum atomic E-state index is -4.80. The van der Waals surface area contributed by atoms with Gasteiger partial charge in [0.25, 0.3) is 0 Å². The summed E-state index contributed by atoms with van der Waals surface area (Å²) in [4.78, 5) is 23.8. The molecule has 0 atom stereocenters. The molecule has 2 aromatic carbocycles. The largest absolute Gasteiger partial charge is 0.573 e. The zero-order valence-corrected chi connectivity index (χ0v) is 22.2. The normalized spacial score (nSPS) is 11.7. The second-order valence-electron chi connectivity index (χ2n) is 9.11. The SMILES string of the molecule is NC(=O)c1ccc2c(c1)nc(NCCc1nnc(CCNCc3ccc(OC(F)(F)F)c(Cl)c3)[nH]1)c1ccncc12. The van der Waals surface area contributed by atoms with Crippen molar-refractivity contribution in [3.63, 3.8) is 0 Å². The number of hydrogen-bond donors (Lipinski definition) is 4. The number of aromatic amines is 1. The monoisotopic (exact) mass is 584 g/mol. The summed E-state index contributed by atoms with van der Waals surface area (Å²) in [6.45, 7) is 1.48. The standard InChI is InChI=1S/C27H24ClF3N8O2/c28-20-11-15(1-4-22(20)41-27(29,30)31)13-33-9-6-23-37-24(39-38-23)7-10-35-26-18-5-8-34-14-19(18)17-3-2-16(25(32)40)12-21(17)36-26/h1-5,8,11-12,14,33H,6-7,9-10,13H2,(H2,32,40)(H,35,36)(H,37,38,39). The van der Waals surface area contributed by atoms with Gasteiger partial charge in [-0.3, -0.25) is 9.78 Å². The van der Waals surface area contributed by atoms with Crippen molar-refractivity contribution in [3.8, 4) is 5.75 Å². The molecule has 1 amide bonds.